The van der Waals surface area contributed by atoms with Gasteiger partial charge in [-0.3, -0.25) is 14.3 Å². The highest BCUT2D eigenvalue weighted by Crippen LogP contribution is 2.18. The molecule has 2 aromatic heterocycles. The number of amides is 1. The minimum absolute atomic E-state index is 0.0868. The molecule has 0 aliphatic carbocycles. The molecule has 0 radical (unpaired) electrons. The Bertz CT molecular complexity index is 897. The Labute approximate surface area is 151 Å². The lowest BCUT2D eigenvalue weighted by molar-refractivity contribution is 0.0954. The molecule has 0 bridgehead atoms. The first kappa shape index (κ1) is 18.1. The van der Waals surface area contributed by atoms with Crippen LogP contribution in [0, 0.1) is 0 Å². The summed E-state index contributed by atoms with van der Waals surface area (Å²) in [6, 6.07) is 1.90. The van der Waals surface area contributed by atoms with Gasteiger partial charge >= 0.3 is 0 Å². The van der Waals surface area contributed by atoms with Gasteiger partial charge in [-0.1, -0.05) is 0 Å². The molecule has 3 rings (SSSR count). The van der Waals surface area contributed by atoms with Crippen molar-refractivity contribution in [2.75, 3.05) is 12.4 Å². The molecule has 2 aromatic rings. The Morgan fingerprint density at radius 3 is 2.81 bits per heavy atom. The number of carbonyl (C=O) groups is 1. The lowest BCUT2D eigenvalue weighted by Crippen LogP contribution is -2.40. The molecular weight excluding hydrogens is 334 g/mol. The highest BCUT2D eigenvalue weighted by molar-refractivity contribution is 5.92. The number of hydrogen-bond acceptors (Lipinski definition) is 6. The maximum Gasteiger partial charge on any atom is 0.269 e. The Kier molecular flexibility index (Phi) is 4.82. The summed E-state index contributed by atoms with van der Waals surface area (Å²) in [5, 5.41) is 13.5. The van der Waals surface area contributed by atoms with Crippen LogP contribution in [0.1, 0.15) is 42.5 Å². The molecule has 0 fully saturated rings. The first-order valence-corrected chi connectivity index (χ1v) is 8.73. The Morgan fingerprint density at radius 1 is 1.42 bits per heavy atom. The lowest BCUT2D eigenvalue weighted by atomic mass is 10.0. The third kappa shape index (κ3) is 3.22. The Hall–Kier alpha value is -2.68. The largest absolute Gasteiger partial charge is 0.354 e. The lowest BCUT2D eigenvalue weighted by Gasteiger charge is -2.24. The van der Waals surface area contributed by atoms with Gasteiger partial charge in [-0.05, 0) is 27.2 Å². The second-order valence-electron chi connectivity index (χ2n) is 6.88. The first-order chi connectivity index (χ1) is 12.3. The topological polar surface area (TPSA) is 106 Å². The van der Waals surface area contributed by atoms with Crippen molar-refractivity contribution in [1.82, 2.24) is 30.0 Å². The van der Waals surface area contributed by atoms with E-state index in [0.29, 0.717) is 36.0 Å². The predicted octanol–water partition coefficient (Wildman–Crippen LogP) is 0.180. The summed E-state index contributed by atoms with van der Waals surface area (Å²) in [5.74, 6) is 0.545. The van der Waals surface area contributed by atoms with E-state index < -0.39 is 0 Å². The van der Waals surface area contributed by atoms with E-state index in [1.54, 1.807) is 20.2 Å². The molecule has 3 N–H and O–H groups in total. The van der Waals surface area contributed by atoms with Gasteiger partial charge in [0.2, 0.25) is 5.95 Å². The molecule has 1 atom stereocenters. The van der Waals surface area contributed by atoms with E-state index in [4.69, 9.17) is 0 Å². The third-order valence-corrected chi connectivity index (χ3v) is 4.36. The van der Waals surface area contributed by atoms with Gasteiger partial charge in [0, 0.05) is 44.4 Å². The standard InChI is InChI=1S/C17H25N7O2/c1-9(2)20-17-21-12-8-19-10(3)6-11(12)16(26)24(17)14-7-13(15(25)18-4)23(5)22-14/h7,9-10,19H,6,8H2,1-5H3,(H,18,25)(H,20,21)/t10-/m1/s1. The summed E-state index contributed by atoms with van der Waals surface area (Å²) in [5.41, 5.74) is 1.68. The van der Waals surface area contributed by atoms with Crippen molar-refractivity contribution in [2.24, 2.45) is 7.05 Å². The van der Waals surface area contributed by atoms with E-state index in [2.05, 4.69) is 26.0 Å². The van der Waals surface area contributed by atoms with E-state index in [1.807, 2.05) is 20.8 Å². The van der Waals surface area contributed by atoms with Gasteiger partial charge < -0.3 is 16.0 Å². The molecule has 26 heavy (non-hydrogen) atoms. The van der Waals surface area contributed by atoms with Crippen LogP contribution in [0.4, 0.5) is 5.95 Å². The highest BCUT2D eigenvalue weighted by atomic mass is 16.2. The van der Waals surface area contributed by atoms with E-state index in [1.165, 1.54) is 9.25 Å². The van der Waals surface area contributed by atoms with Crippen LogP contribution in [0.5, 0.6) is 0 Å². The quantitative estimate of drug-likeness (QED) is 0.719. The highest BCUT2D eigenvalue weighted by Gasteiger charge is 2.25. The summed E-state index contributed by atoms with van der Waals surface area (Å²) in [6.45, 7) is 6.55. The number of fused-ring (bicyclic) bond motifs is 1. The van der Waals surface area contributed by atoms with Crippen molar-refractivity contribution in [1.29, 1.82) is 0 Å². The number of nitrogens with one attached hydrogen (secondary N) is 3. The van der Waals surface area contributed by atoms with Gasteiger partial charge in [-0.15, -0.1) is 0 Å². The number of carbonyl (C=O) groups excluding carboxylic acids is 1. The van der Waals surface area contributed by atoms with Gasteiger partial charge in [-0.25, -0.2) is 9.55 Å². The zero-order valence-corrected chi connectivity index (χ0v) is 15.8. The molecule has 9 heteroatoms. The van der Waals surface area contributed by atoms with Crippen LogP contribution < -0.4 is 21.5 Å². The van der Waals surface area contributed by atoms with Crippen LogP contribution in [0.25, 0.3) is 5.82 Å². The summed E-state index contributed by atoms with van der Waals surface area (Å²) in [7, 11) is 3.23. The molecule has 0 spiro atoms. The van der Waals surface area contributed by atoms with E-state index >= 15 is 0 Å². The van der Waals surface area contributed by atoms with Gasteiger partial charge in [0.15, 0.2) is 5.82 Å². The monoisotopic (exact) mass is 359 g/mol. The summed E-state index contributed by atoms with van der Waals surface area (Å²) in [4.78, 5) is 29.9. The average Bonchev–Trinajstić information content (AvgIpc) is 2.96. The molecule has 0 saturated carbocycles. The smallest absolute Gasteiger partial charge is 0.269 e. The van der Waals surface area contributed by atoms with Crippen molar-refractivity contribution >= 4 is 11.9 Å². The van der Waals surface area contributed by atoms with Crippen LogP contribution in [-0.4, -0.2) is 44.4 Å². The number of hydrogen-bond donors (Lipinski definition) is 3. The minimum atomic E-state index is -0.263. The van der Waals surface area contributed by atoms with Crippen LogP contribution >= 0.6 is 0 Å². The second kappa shape index (κ2) is 6.91. The number of aromatic nitrogens is 4. The maximum atomic E-state index is 13.2. The fourth-order valence-corrected chi connectivity index (χ4v) is 3.07. The van der Waals surface area contributed by atoms with Crippen molar-refractivity contribution < 1.29 is 4.79 Å². The number of rotatable bonds is 4. The molecule has 0 saturated heterocycles. The molecule has 0 unspecified atom stereocenters. The van der Waals surface area contributed by atoms with Crippen LogP contribution in [0.2, 0.25) is 0 Å². The molecule has 0 aromatic carbocycles. The number of nitrogens with zero attached hydrogens (tertiary/aromatic N) is 4. The van der Waals surface area contributed by atoms with Crippen molar-refractivity contribution in [2.45, 2.75) is 45.8 Å². The Morgan fingerprint density at radius 2 is 2.15 bits per heavy atom. The third-order valence-electron chi connectivity index (χ3n) is 4.36. The van der Waals surface area contributed by atoms with Gasteiger partial charge in [-0.2, -0.15) is 5.10 Å². The van der Waals surface area contributed by atoms with Gasteiger partial charge in [0.25, 0.3) is 11.5 Å². The van der Waals surface area contributed by atoms with E-state index in [0.717, 1.165) is 5.69 Å². The summed E-state index contributed by atoms with van der Waals surface area (Å²) >= 11 is 0. The molecule has 1 amide bonds. The van der Waals surface area contributed by atoms with Crippen LogP contribution in [0.3, 0.4) is 0 Å². The summed E-state index contributed by atoms with van der Waals surface area (Å²) < 4.78 is 2.92. The zero-order chi connectivity index (χ0) is 19.0. The molecule has 9 nitrogen and oxygen atoms in total. The number of aryl methyl sites for hydroxylation is 1. The Balaban J connectivity index is 2.20. The second-order valence-corrected chi connectivity index (χ2v) is 6.88. The van der Waals surface area contributed by atoms with E-state index in [9.17, 15) is 9.59 Å². The van der Waals surface area contributed by atoms with Crippen molar-refractivity contribution in [3.63, 3.8) is 0 Å². The van der Waals surface area contributed by atoms with Gasteiger partial charge in [0.1, 0.15) is 5.69 Å². The summed E-state index contributed by atoms with van der Waals surface area (Å²) in [6.07, 6.45) is 0.609. The van der Waals surface area contributed by atoms with Crippen molar-refractivity contribution in [3.05, 3.63) is 33.4 Å². The predicted molar refractivity (Wildman–Crippen MR) is 98.8 cm³/mol. The maximum absolute atomic E-state index is 13.2. The number of anilines is 1. The zero-order valence-electron chi connectivity index (χ0n) is 15.8. The fourth-order valence-electron chi connectivity index (χ4n) is 3.07. The minimum Gasteiger partial charge on any atom is -0.354 e. The first-order valence-electron chi connectivity index (χ1n) is 8.73. The average molecular weight is 359 g/mol. The molecule has 3 heterocycles. The molecule has 1 aliphatic rings. The van der Waals surface area contributed by atoms with E-state index in [-0.39, 0.29) is 23.6 Å². The normalized spacial score (nSPS) is 16.5. The molecule has 1 aliphatic heterocycles. The van der Waals surface area contributed by atoms with Crippen LogP contribution in [0.15, 0.2) is 10.9 Å². The SMILES string of the molecule is CNC(=O)c1cc(-n2c(NC(C)C)nc3c(c2=O)C[C@@H](C)NC3)nn1C. The molecule has 140 valence electrons. The van der Waals surface area contributed by atoms with Crippen LogP contribution in [-0.2, 0) is 20.0 Å². The fraction of sp³-hybridized carbons (Fsp3) is 0.529. The van der Waals surface area contributed by atoms with Gasteiger partial charge in [0.05, 0.1) is 5.69 Å². The molecular formula is C17H25N7O2. The van der Waals surface area contributed by atoms with Crippen molar-refractivity contribution in [3.8, 4) is 5.82 Å².